The molecule has 0 amide bonds. The lowest BCUT2D eigenvalue weighted by Crippen LogP contribution is -2.15. The molecule has 31 heavy (non-hydrogen) atoms. The normalized spacial score (nSPS) is 10.8. The molecule has 1 heterocycles. The SMILES string of the molecule is Cc1ccc(C)c(-c2cc(C(=O)OCC(=O)c3ccc(Br)cc3)c3ccccc3n2)c1. The van der Waals surface area contributed by atoms with E-state index in [1.807, 2.05) is 50.2 Å². The Kier molecular flexibility index (Phi) is 5.96. The van der Waals surface area contributed by atoms with Gasteiger partial charge in [0.15, 0.2) is 12.4 Å². The van der Waals surface area contributed by atoms with Gasteiger partial charge in [-0.2, -0.15) is 0 Å². The van der Waals surface area contributed by atoms with E-state index in [9.17, 15) is 9.59 Å². The molecule has 0 N–H and O–H groups in total. The number of rotatable bonds is 5. The number of Topliss-reactive ketones (excluding diaryl/α,β-unsaturated/α-hetero) is 1. The third kappa shape index (κ3) is 4.57. The largest absolute Gasteiger partial charge is 0.454 e. The van der Waals surface area contributed by atoms with Crippen molar-refractivity contribution in [1.29, 1.82) is 0 Å². The minimum Gasteiger partial charge on any atom is -0.454 e. The summed E-state index contributed by atoms with van der Waals surface area (Å²) in [4.78, 5) is 30.2. The van der Waals surface area contributed by atoms with E-state index in [1.165, 1.54) is 0 Å². The van der Waals surface area contributed by atoms with Gasteiger partial charge in [0.2, 0.25) is 0 Å². The summed E-state index contributed by atoms with van der Waals surface area (Å²) in [5.74, 6) is -0.801. The first kappa shape index (κ1) is 20.9. The number of benzene rings is 3. The summed E-state index contributed by atoms with van der Waals surface area (Å²) in [5, 5.41) is 0.692. The number of esters is 1. The fourth-order valence-corrected chi connectivity index (χ4v) is 3.69. The van der Waals surface area contributed by atoms with Crippen LogP contribution in [0.3, 0.4) is 0 Å². The zero-order valence-electron chi connectivity index (χ0n) is 17.2. The standard InChI is InChI=1S/C26H20BrNO3/c1-16-7-8-17(2)21(13-16)24-14-22(20-5-3-4-6-23(20)28-24)26(30)31-15-25(29)18-9-11-19(27)12-10-18/h3-14H,15H2,1-2H3. The Balaban J connectivity index is 1.67. The Hall–Kier alpha value is -3.31. The molecule has 4 nitrogen and oxygen atoms in total. The lowest BCUT2D eigenvalue weighted by Gasteiger charge is -2.12. The van der Waals surface area contributed by atoms with Crippen LogP contribution >= 0.6 is 15.9 Å². The van der Waals surface area contributed by atoms with Crippen LogP contribution in [0.1, 0.15) is 31.8 Å². The number of nitrogens with zero attached hydrogens (tertiary/aromatic N) is 1. The predicted octanol–water partition coefficient (Wildman–Crippen LogP) is 6.32. The molecule has 1 aromatic heterocycles. The lowest BCUT2D eigenvalue weighted by molar-refractivity contribution is 0.0476. The molecule has 0 radical (unpaired) electrons. The molecule has 0 unspecified atom stereocenters. The molecular formula is C26H20BrNO3. The molecule has 0 aliphatic carbocycles. The number of hydrogen-bond acceptors (Lipinski definition) is 4. The van der Waals surface area contributed by atoms with Crippen molar-refractivity contribution in [2.24, 2.45) is 0 Å². The zero-order chi connectivity index (χ0) is 22.0. The number of aromatic nitrogens is 1. The van der Waals surface area contributed by atoms with Gasteiger partial charge in [0.25, 0.3) is 0 Å². The van der Waals surface area contributed by atoms with Gasteiger partial charge >= 0.3 is 5.97 Å². The van der Waals surface area contributed by atoms with Gasteiger partial charge in [0.05, 0.1) is 16.8 Å². The molecule has 154 valence electrons. The lowest BCUT2D eigenvalue weighted by atomic mass is 9.99. The molecule has 0 aliphatic heterocycles. The number of carbonyl (C=O) groups is 2. The summed E-state index contributed by atoms with van der Waals surface area (Å²) in [6.07, 6.45) is 0. The van der Waals surface area contributed by atoms with Crippen LogP contribution in [0.15, 0.2) is 77.3 Å². The number of halogens is 1. The Bertz CT molecular complexity index is 1300. The van der Waals surface area contributed by atoms with E-state index in [0.29, 0.717) is 27.7 Å². The third-order valence-electron chi connectivity index (χ3n) is 5.11. The maximum absolute atomic E-state index is 13.0. The second kappa shape index (κ2) is 8.82. The number of aryl methyl sites for hydroxylation is 2. The first-order valence-corrected chi connectivity index (χ1v) is 10.6. The highest BCUT2D eigenvalue weighted by atomic mass is 79.9. The Morgan fingerprint density at radius 1 is 0.935 bits per heavy atom. The molecule has 4 aromatic rings. The minimum atomic E-state index is -0.546. The van der Waals surface area contributed by atoms with Crippen LogP contribution < -0.4 is 0 Å². The van der Waals surface area contributed by atoms with Crippen LogP contribution in [-0.2, 0) is 4.74 Å². The van der Waals surface area contributed by atoms with Gasteiger partial charge in [-0.15, -0.1) is 0 Å². The van der Waals surface area contributed by atoms with Crippen molar-refractivity contribution in [3.05, 3.63) is 99.5 Å². The van der Waals surface area contributed by atoms with Gasteiger partial charge in [0, 0.05) is 21.0 Å². The van der Waals surface area contributed by atoms with Gasteiger partial charge in [-0.3, -0.25) is 4.79 Å². The Morgan fingerprint density at radius 3 is 2.45 bits per heavy atom. The van der Waals surface area contributed by atoms with Crippen molar-refractivity contribution < 1.29 is 14.3 Å². The van der Waals surface area contributed by atoms with Crippen molar-refractivity contribution in [2.45, 2.75) is 13.8 Å². The summed E-state index contributed by atoms with van der Waals surface area (Å²) >= 11 is 3.34. The van der Waals surface area contributed by atoms with Crippen molar-refractivity contribution in [1.82, 2.24) is 4.98 Å². The van der Waals surface area contributed by atoms with Crippen molar-refractivity contribution >= 4 is 38.6 Å². The Morgan fingerprint density at radius 2 is 1.68 bits per heavy atom. The highest BCUT2D eigenvalue weighted by molar-refractivity contribution is 9.10. The van der Waals surface area contributed by atoms with E-state index in [-0.39, 0.29) is 12.4 Å². The van der Waals surface area contributed by atoms with Crippen LogP contribution in [0.2, 0.25) is 0 Å². The van der Waals surface area contributed by atoms with Crippen molar-refractivity contribution in [2.75, 3.05) is 6.61 Å². The molecule has 5 heteroatoms. The molecular weight excluding hydrogens is 454 g/mol. The molecule has 3 aromatic carbocycles. The predicted molar refractivity (Wildman–Crippen MR) is 125 cm³/mol. The molecule has 0 aliphatic rings. The van der Waals surface area contributed by atoms with Crippen LogP contribution in [0.5, 0.6) is 0 Å². The molecule has 0 fully saturated rings. The number of carbonyl (C=O) groups excluding carboxylic acids is 2. The van der Waals surface area contributed by atoms with Crippen molar-refractivity contribution in [3.8, 4) is 11.3 Å². The molecule has 0 saturated carbocycles. The quantitative estimate of drug-likeness (QED) is 0.251. The third-order valence-corrected chi connectivity index (χ3v) is 5.63. The Labute approximate surface area is 189 Å². The van der Waals surface area contributed by atoms with Crippen LogP contribution in [0.4, 0.5) is 0 Å². The molecule has 0 bridgehead atoms. The zero-order valence-corrected chi connectivity index (χ0v) is 18.8. The second-order valence-electron chi connectivity index (χ2n) is 7.40. The molecule has 0 atom stereocenters. The first-order valence-electron chi connectivity index (χ1n) is 9.85. The molecule has 0 saturated heterocycles. The number of pyridine rings is 1. The average Bonchev–Trinajstić information content (AvgIpc) is 2.78. The topological polar surface area (TPSA) is 56.3 Å². The minimum absolute atomic E-state index is 0.256. The van der Waals surface area contributed by atoms with Crippen LogP contribution in [0.25, 0.3) is 22.2 Å². The fourth-order valence-electron chi connectivity index (χ4n) is 3.42. The summed E-state index contributed by atoms with van der Waals surface area (Å²) in [6.45, 7) is 3.71. The molecule has 0 spiro atoms. The summed E-state index contributed by atoms with van der Waals surface area (Å²) < 4.78 is 6.28. The maximum Gasteiger partial charge on any atom is 0.339 e. The number of fused-ring (bicyclic) bond motifs is 1. The highest BCUT2D eigenvalue weighted by Gasteiger charge is 2.18. The van der Waals surface area contributed by atoms with Gasteiger partial charge < -0.3 is 4.74 Å². The van der Waals surface area contributed by atoms with Gasteiger partial charge in [-0.05, 0) is 49.7 Å². The smallest absolute Gasteiger partial charge is 0.339 e. The number of para-hydroxylation sites is 1. The van der Waals surface area contributed by atoms with Crippen molar-refractivity contribution in [3.63, 3.8) is 0 Å². The van der Waals surface area contributed by atoms with Gasteiger partial charge in [-0.25, -0.2) is 9.78 Å². The number of ketones is 1. The van der Waals surface area contributed by atoms with E-state index in [0.717, 1.165) is 21.2 Å². The number of ether oxygens (including phenoxy) is 1. The summed E-state index contributed by atoms with van der Waals surface area (Å²) in [7, 11) is 0. The van der Waals surface area contributed by atoms with Crippen LogP contribution in [-0.4, -0.2) is 23.3 Å². The van der Waals surface area contributed by atoms with Gasteiger partial charge in [-0.1, -0.05) is 64.0 Å². The highest BCUT2D eigenvalue weighted by Crippen LogP contribution is 2.28. The van der Waals surface area contributed by atoms with Crippen LogP contribution in [0, 0.1) is 13.8 Å². The average molecular weight is 474 g/mol. The first-order chi connectivity index (χ1) is 14.9. The van der Waals surface area contributed by atoms with Gasteiger partial charge in [0.1, 0.15) is 0 Å². The molecule has 4 rings (SSSR count). The summed E-state index contributed by atoms with van der Waals surface area (Å²) in [6, 6.07) is 22.3. The summed E-state index contributed by atoms with van der Waals surface area (Å²) in [5.41, 5.74) is 5.43. The van der Waals surface area contributed by atoms with E-state index >= 15 is 0 Å². The number of hydrogen-bond donors (Lipinski definition) is 0. The van der Waals surface area contributed by atoms with E-state index in [4.69, 9.17) is 9.72 Å². The van der Waals surface area contributed by atoms with E-state index in [2.05, 4.69) is 22.0 Å². The maximum atomic E-state index is 13.0. The van der Waals surface area contributed by atoms with E-state index in [1.54, 1.807) is 30.3 Å². The van der Waals surface area contributed by atoms with E-state index < -0.39 is 5.97 Å². The fraction of sp³-hybridized carbons (Fsp3) is 0.115. The monoisotopic (exact) mass is 473 g/mol. The second-order valence-corrected chi connectivity index (χ2v) is 8.31.